The second-order valence-corrected chi connectivity index (χ2v) is 6.05. The minimum absolute atomic E-state index is 0.170. The summed E-state index contributed by atoms with van der Waals surface area (Å²) >= 11 is 3.32. The van der Waals surface area contributed by atoms with Gasteiger partial charge in [-0.3, -0.25) is 0 Å². The lowest BCUT2D eigenvalue weighted by molar-refractivity contribution is 0.473. The molecular formula is C14H21BrFN. The van der Waals surface area contributed by atoms with Crippen LogP contribution in [0.25, 0.3) is 0 Å². The molecule has 0 aliphatic rings. The quantitative estimate of drug-likeness (QED) is 0.837. The highest BCUT2D eigenvalue weighted by atomic mass is 79.9. The summed E-state index contributed by atoms with van der Waals surface area (Å²) in [6.45, 7) is 8.60. The van der Waals surface area contributed by atoms with Gasteiger partial charge < -0.3 is 5.32 Å². The van der Waals surface area contributed by atoms with E-state index < -0.39 is 0 Å². The van der Waals surface area contributed by atoms with Crippen LogP contribution in [0.2, 0.25) is 0 Å². The average molecular weight is 302 g/mol. The molecule has 0 aromatic heterocycles. The number of hydrogen-bond acceptors (Lipinski definition) is 1. The van der Waals surface area contributed by atoms with Gasteiger partial charge >= 0.3 is 0 Å². The Hall–Kier alpha value is -0.410. The number of rotatable bonds is 6. The van der Waals surface area contributed by atoms with Crippen molar-refractivity contribution in [2.24, 2.45) is 11.8 Å². The van der Waals surface area contributed by atoms with E-state index >= 15 is 0 Å². The molecule has 1 nitrogen and oxygen atoms in total. The van der Waals surface area contributed by atoms with Crippen LogP contribution in [0.15, 0.2) is 22.7 Å². The van der Waals surface area contributed by atoms with Gasteiger partial charge in [0.2, 0.25) is 0 Å². The zero-order chi connectivity index (χ0) is 12.8. The first-order valence-corrected chi connectivity index (χ1v) is 6.92. The van der Waals surface area contributed by atoms with Gasteiger partial charge in [-0.05, 0) is 55.1 Å². The van der Waals surface area contributed by atoms with Gasteiger partial charge in [-0.15, -0.1) is 0 Å². The molecule has 1 atom stereocenters. The van der Waals surface area contributed by atoms with Crippen LogP contribution in [-0.4, -0.2) is 13.1 Å². The molecular weight excluding hydrogens is 281 g/mol. The van der Waals surface area contributed by atoms with Gasteiger partial charge in [-0.25, -0.2) is 4.39 Å². The molecule has 0 bridgehead atoms. The Morgan fingerprint density at radius 3 is 2.47 bits per heavy atom. The van der Waals surface area contributed by atoms with Crippen molar-refractivity contribution in [1.82, 2.24) is 5.32 Å². The van der Waals surface area contributed by atoms with Gasteiger partial charge in [0.15, 0.2) is 0 Å². The van der Waals surface area contributed by atoms with Gasteiger partial charge in [0.25, 0.3) is 0 Å². The number of hydrogen-bond donors (Lipinski definition) is 1. The minimum atomic E-state index is -0.170. The molecule has 1 aromatic rings. The van der Waals surface area contributed by atoms with E-state index in [4.69, 9.17) is 0 Å². The molecule has 17 heavy (non-hydrogen) atoms. The molecule has 1 rings (SSSR count). The maximum Gasteiger partial charge on any atom is 0.124 e. The van der Waals surface area contributed by atoms with E-state index in [9.17, 15) is 4.39 Å². The topological polar surface area (TPSA) is 12.0 Å². The molecule has 0 radical (unpaired) electrons. The van der Waals surface area contributed by atoms with E-state index in [0.29, 0.717) is 11.8 Å². The lowest BCUT2D eigenvalue weighted by Crippen LogP contribution is -2.26. The monoisotopic (exact) mass is 301 g/mol. The Labute approximate surface area is 112 Å². The highest BCUT2D eigenvalue weighted by Crippen LogP contribution is 2.17. The molecule has 0 aliphatic carbocycles. The molecule has 1 unspecified atom stereocenters. The minimum Gasteiger partial charge on any atom is -0.316 e. The normalized spacial score (nSPS) is 13.1. The highest BCUT2D eigenvalue weighted by molar-refractivity contribution is 9.10. The molecule has 3 heteroatoms. The fraction of sp³-hybridized carbons (Fsp3) is 0.571. The third kappa shape index (κ3) is 6.18. The van der Waals surface area contributed by atoms with Crippen LogP contribution in [0.3, 0.4) is 0 Å². The van der Waals surface area contributed by atoms with Crippen LogP contribution < -0.4 is 5.32 Å². The van der Waals surface area contributed by atoms with Crippen molar-refractivity contribution in [2.75, 3.05) is 13.1 Å². The predicted octanol–water partition coefficient (Wildman–Crippen LogP) is 4.01. The van der Waals surface area contributed by atoms with Crippen molar-refractivity contribution in [3.8, 4) is 0 Å². The van der Waals surface area contributed by atoms with Crippen molar-refractivity contribution < 1.29 is 4.39 Å². The van der Waals surface area contributed by atoms with Crippen molar-refractivity contribution in [3.63, 3.8) is 0 Å². The molecule has 1 N–H and O–H groups in total. The largest absolute Gasteiger partial charge is 0.316 e. The van der Waals surface area contributed by atoms with E-state index in [1.54, 1.807) is 6.07 Å². The third-order valence-electron chi connectivity index (χ3n) is 2.55. The van der Waals surface area contributed by atoms with Crippen LogP contribution in [0.1, 0.15) is 26.3 Å². The average Bonchev–Trinajstić information content (AvgIpc) is 2.14. The van der Waals surface area contributed by atoms with Crippen LogP contribution >= 0.6 is 15.9 Å². The number of benzene rings is 1. The lowest BCUT2D eigenvalue weighted by Gasteiger charge is -2.14. The SMILES string of the molecule is CC(C)CNCC(C)Cc1cc(F)cc(Br)c1. The highest BCUT2D eigenvalue weighted by Gasteiger charge is 2.06. The molecule has 0 amide bonds. The van der Waals surface area contributed by atoms with Crippen LogP contribution in [-0.2, 0) is 6.42 Å². The lowest BCUT2D eigenvalue weighted by atomic mass is 10.0. The first-order chi connectivity index (χ1) is 7.97. The van der Waals surface area contributed by atoms with E-state index in [0.717, 1.165) is 29.5 Å². The molecule has 0 heterocycles. The molecule has 0 saturated heterocycles. The molecule has 0 fully saturated rings. The van der Waals surface area contributed by atoms with Crippen molar-refractivity contribution in [1.29, 1.82) is 0 Å². The Morgan fingerprint density at radius 1 is 1.18 bits per heavy atom. The van der Waals surface area contributed by atoms with Gasteiger partial charge in [0.05, 0.1) is 0 Å². The Balaban J connectivity index is 2.42. The summed E-state index contributed by atoms with van der Waals surface area (Å²) < 4.78 is 14.0. The van der Waals surface area contributed by atoms with Gasteiger partial charge in [0, 0.05) is 4.47 Å². The van der Waals surface area contributed by atoms with Crippen LogP contribution in [0.4, 0.5) is 4.39 Å². The van der Waals surface area contributed by atoms with Crippen LogP contribution in [0.5, 0.6) is 0 Å². The number of halogens is 2. The molecule has 1 aromatic carbocycles. The zero-order valence-corrected chi connectivity index (χ0v) is 12.3. The molecule has 96 valence electrons. The second kappa shape index (κ2) is 7.12. The summed E-state index contributed by atoms with van der Waals surface area (Å²) in [5.74, 6) is 1.02. The molecule has 0 aliphatic heterocycles. The maximum atomic E-state index is 13.2. The van der Waals surface area contributed by atoms with Crippen LogP contribution in [0, 0.1) is 17.7 Å². The summed E-state index contributed by atoms with van der Waals surface area (Å²) in [6, 6.07) is 5.09. The first kappa shape index (κ1) is 14.7. The van der Waals surface area contributed by atoms with E-state index in [1.807, 2.05) is 6.07 Å². The first-order valence-electron chi connectivity index (χ1n) is 6.13. The van der Waals surface area contributed by atoms with Gasteiger partial charge in [0.1, 0.15) is 5.82 Å². The molecule has 0 saturated carbocycles. The maximum absolute atomic E-state index is 13.2. The summed E-state index contributed by atoms with van der Waals surface area (Å²) in [7, 11) is 0. The Kier molecular flexibility index (Phi) is 6.14. The fourth-order valence-corrected chi connectivity index (χ4v) is 2.33. The second-order valence-electron chi connectivity index (χ2n) is 5.14. The van der Waals surface area contributed by atoms with Crippen molar-refractivity contribution in [3.05, 3.63) is 34.1 Å². The van der Waals surface area contributed by atoms with Gasteiger partial charge in [-0.1, -0.05) is 36.7 Å². The Morgan fingerprint density at radius 2 is 1.88 bits per heavy atom. The van der Waals surface area contributed by atoms with Gasteiger partial charge in [-0.2, -0.15) is 0 Å². The summed E-state index contributed by atoms with van der Waals surface area (Å²) in [5, 5.41) is 3.43. The van der Waals surface area contributed by atoms with E-state index in [2.05, 4.69) is 42.0 Å². The fourth-order valence-electron chi connectivity index (χ4n) is 1.82. The smallest absolute Gasteiger partial charge is 0.124 e. The summed E-state index contributed by atoms with van der Waals surface area (Å²) in [4.78, 5) is 0. The Bertz CT molecular complexity index is 332. The summed E-state index contributed by atoms with van der Waals surface area (Å²) in [5.41, 5.74) is 1.05. The predicted molar refractivity (Wildman–Crippen MR) is 74.7 cm³/mol. The number of nitrogens with one attached hydrogen (secondary N) is 1. The summed E-state index contributed by atoms with van der Waals surface area (Å²) in [6.07, 6.45) is 0.904. The molecule has 0 spiro atoms. The third-order valence-corrected chi connectivity index (χ3v) is 3.01. The van der Waals surface area contributed by atoms with Crippen molar-refractivity contribution in [2.45, 2.75) is 27.2 Å². The van der Waals surface area contributed by atoms with E-state index in [-0.39, 0.29) is 5.82 Å². The zero-order valence-electron chi connectivity index (χ0n) is 10.8. The van der Waals surface area contributed by atoms with E-state index in [1.165, 1.54) is 6.07 Å². The standard InChI is InChI=1S/C14H21BrFN/c1-10(2)8-17-9-11(3)4-12-5-13(15)7-14(16)6-12/h5-7,10-11,17H,4,8-9H2,1-3H3. The van der Waals surface area contributed by atoms with Crippen molar-refractivity contribution >= 4 is 15.9 Å².